The number of nitrogens with one attached hydrogen (secondary N) is 1. The van der Waals surface area contributed by atoms with Gasteiger partial charge in [0.2, 0.25) is 5.91 Å². The zero-order chi connectivity index (χ0) is 15.2. The minimum absolute atomic E-state index is 0.00601. The van der Waals surface area contributed by atoms with Crippen molar-refractivity contribution in [1.29, 1.82) is 0 Å². The number of nitrogens with two attached hydrogens (primary N) is 1. The molecule has 1 fully saturated rings. The van der Waals surface area contributed by atoms with Crippen LogP contribution in [-0.4, -0.2) is 35.7 Å². The lowest BCUT2D eigenvalue weighted by atomic mass is 9.89. The molecule has 6 heteroatoms. The van der Waals surface area contributed by atoms with Gasteiger partial charge in [0, 0.05) is 18.2 Å². The molecule has 0 bridgehead atoms. The second-order valence-corrected chi connectivity index (χ2v) is 5.17. The Hall–Kier alpha value is -2.08. The van der Waals surface area contributed by atoms with E-state index in [0.717, 1.165) is 25.0 Å². The Bertz CT molecular complexity index is 507. The van der Waals surface area contributed by atoms with Crippen LogP contribution in [0.25, 0.3) is 0 Å². The second-order valence-electron chi connectivity index (χ2n) is 5.17. The molecular weight excluding hydrogens is 270 g/mol. The maximum atomic E-state index is 11.9. The largest absolute Gasteiger partial charge is 0.409 e. The highest BCUT2D eigenvalue weighted by molar-refractivity contribution is 5.97. The zero-order valence-electron chi connectivity index (χ0n) is 12.1. The summed E-state index contributed by atoms with van der Waals surface area (Å²) in [5.74, 6) is 0.0638. The molecule has 21 heavy (non-hydrogen) atoms. The molecule has 1 aliphatic rings. The first-order valence-electron chi connectivity index (χ1n) is 7.10. The van der Waals surface area contributed by atoms with E-state index in [-0.39, 0.29) is 17.8 Å². The van der Waals surface area contributed by atoms with E-state index in [1.165, 1.54) is 0 Å². The van der Waals surface area contributed by atoms with Gasteiger partial charge in [0.15, 0.2) is 5.84 Å². The van der Waals surface area contributed by atoms with Gasteiger partial charge in [-0.2, -0.15) is 0 Å². The Labute approximate surface area is 124 Å². The summed E-state index contributed by atoms with van der Waals surface area (Å²) in [5, 5.41) is 14.5. The smallest absolute Gasteiger partial charge is 0.224 e. The number of nitrogens with zero attached hydrogens (tertiary/aromatic N) is 1. The van der Waals surface area contributed by atoms with Crippen molar-refractivity contribution in [2.24, 2.45) is 10.9 Å². The van der Waals surface area contributed by atoms with Crippen molar-refractivity contribution in [3.8, 4) is 0 Å². The lowest BCUT2D eigenvalue weighted by molar-refractivity contribution is -0.123. The molecule has 6 nitrogen and oxygen atoms in total. The summed E-state index contributed by atoms with van der Waals surface area (Å²) in [6.07, 6.45) is 2.40. The number of ether oxygens (including phenoxy) is 1. The van der Waals surface area contributed by atoms with Gasteiger partial charge >= 0.3 is 0 Å². The lowest BCUT2D eigenvalue weighted by Gasteiger charge is -2.35. The number of oxime groups is 1. The standard InChI is InChI=1S/C15H21N3O3/c1-2-21-13-8-12(9-13)17-14(19)7-10-3-5-11(6-4-10)15(16)18-20/h3-6,12-13,20H,2,7-9H2,1H3,(H2,16,18)(H,17,19). The minimum Gasteiger partial charge on any atom is -0.409 e. The summed E-state index contributed by atoms with van der Waals surface area (Å²) in [4.78, 5) is 11.9. The van der Waals surface area contributed by atoms with Crippen molar-refractivity contribution >= 4 is 11.7 Å². The molecule has 0 unspecified atom stereocenters. The first-order valence-corrected chi connectivity index (χ1v) is 7.10. The van der Waals surface area contributed by atoms with Gasteiger partial charge in [-0.05, 0) is 25.3 Å². The van der Waals surface area contributed by atoms with E-state index in [4.69, 9.17) is 15.7 Å². The summed E-state index contributed by atoms with van der Waals surface area (Å²) in [6.45, 7) is 2.70. The highest BCUT2D eigenvalue weighted by atomic mass is 16.5. The Morgan fingerprint density at radius 2 is 2.10 bits per heavy atom. The van der Waals surface area contributed by atoms with E-state index < -0.39 is 0 Å². The van der Waals surface area contributed by atoms with Crippen molar-refractivity contribution in [2.75, 3.05) is 6.61 Å². The van der Waals surface area contributed by atoms with E-state index >= 15 is 0 Å². The van der Waals surface area contributed by atoms with E-state index in [9.17, 15) is 4.79 Å². The molecule has 0 aliphatic heterocycles. The number of amides is 1. The third-order valence-electron chi connectivity index (χ3n) is 3.58. The maximum absolute atomic E-state index is 11.9. The van der Waals surface area contributed by atoms with Crippen LogP contribution < -0.4 is 11.1 Å². The van der Waals surface area contributed by atoms with Gasteiger partial charge in [0.1, 0.15) is 0 Å². The molecule has 0 saturated heterocycles. The van der Waals surface area contributed by atoms with E-state index in [2.05, 4.69) is 10.5 Å². The van der Waals surface area contributed by atoms with Crippen molar-refractivity contribution in [3.63, 3.8) is 0 Å². The molecule has 0 spiro atoms. The fraction of sp³-hybridized carbons (Fsp3) is 0.467. The Kier molecular flexibility index (Phi) is 5.16. The third kappa shape index (κ3) is 4.19. The molecule has 2 rings (SSSR count). The zero-order valence-corrected chi connectivity index (χ0v) is 12.1. The molecule has 1 amide bonds. The number of hydrogen-bond acceptors (Lipinski definition) is 4. The summed E-state index contributed by atoms with van der Waals surface area (Å²) in [6, 6.07) is 7.29. The van der Waals surface area contributed by atoms with Crippen LogP contribution in [0.2, 0.25) is 0 Å². The highest BCUT2D eigenvalue weighted by Crippen LogP contribution is 2.23. The van der Waals surface area contributed by atoms with Gasteiger partial charge in [0.25, 0.3) is 0 Å². The number of carbonyl (C=O) groups excluding carboxylic acids is 1. The quantitative estimate of drug-likeness (QED) is 0.315. The lowest BCUT2D eigenvalue weighted by Crippen LogP contribution is -2.48. The summed E-state index contributed by atoms with van der Waals surface area (Å²) in [5.41, 5.74) is 7.00. The average molecular weight is 291 g/mol. The molecule has 0 heterocycles. The molecule has 1 aromatic rings. The Morgan fingerprint density at radius 1 is 1.43 bits per heavy atom. The molecule has 0 aromatic heterocycles. The van der Waals surface area contributed by atoms with Gasteiger partial charge in [0.05, 0.1) is 12.5 Å². The van der Waals surface area contributed by atoms with Crippen LogP contribution >= 0.6 is 0 Å². The molecule has 1 aliphatic carbocycles. The van der Waals surface area contributed by atoms with Crippen LogP contribution in [0.5, 0.6) is 0 Å². The fourth-order valence-corrected chi connectivity index (χ4v) is 2.37. The van der Waals surface area contributed by atoms with Crippen molar-refractivity contribution in [1.82, 2.24) is 5.32 Å². The van der Waals surface area contributed by atoms with Crippen molar-refractivity contribution < 1.29 is 14.7 Å². The number of benzene rings is 1. The van der Waals surface area contributed by atoms with Gasteiger partial charge < -0.3 is 21.0 Å². The first kappa shape index (κ1) is 15.3. The Morgan fingerprint density at radius 3 is 2.67 bits per heavy atom. The fourth-order valence-electron chi connectivity index (χ4n) is 2.37. The maximum Gasteiger partial charge on any atom is 0.224 e. The molecule has 1 aromatic carbocycles. The Balaban J connectivity index is 1.78. The molecule has 4 N–H and O–H groups in total. The van der Waals surface area contributed by atoms with Crippen LogP contribution in [0.15, 0.2) is 29.4 Å². The summed E-state index contributed by atoms with van der Waals surface area (Å²) >= 11 is 0. The number of amidine groups is 1. The minimum atomic E-state index is 0.00601. The normalized spacial score (nSPS) is 21.7. The number of hydrogen-bond donors (Lipinski definition) is 3. The second kappa shape index (κ2) is 7.08. The number of rotatable bonds is 6. The molecular formula is C15H21N3O3. The molecule has 114 valence electrons. The monoisotopic (exact) mass is 291 g/mol. The van der Waals surface area contributed by atoms with Gasteiger partial charge in [-0.3, -0.25) is 4.79 Å². The first-order chi connectivity index (χ1) is 10.1. The highest BCUT2D eigenvalue weighted by Gasteiger charge is 2.30. The van der Waals surface area contributed by atoms with Gasteiger partial charge in [-0.15, -0.1) is 0 Å². The van der Waals surface area contributed by atoms with E-state index in [1.54, 1.807) is 24.3 Å². The summed E-state index contributed by atoms with van der Waals surface area (Å²) < 4.78 is 5.46. The predicted molar refractivity (Wildman–Crippen MR) is 79.2 cm³/mol. The van der Waals surface area contributed by atoms with Crippen LogP contribution in [0, 0.1) is 0 Å². The van der Waals surface area contributed by atoms with E-state index in [1.807, 2.05) is 6.92 Å². The topological polar surface area (TPSA) is 96.9 Å². The van der Waals surface area contributed by atoms with Crippen LogP contribution in [0.4, 0.5) is 0 Å². The van der Waals surface area contributed by atoms with Crippen LogP contribution in [0.3, 0.4) is 0 Å². The van der Waals surface area contributed by atoms with Crippen molar-refractivity contribution in [2.45, 2.75) is 38.3 Å². The van der Waals surface area contributed by atoms with Crippen LogP contribution in [-0.2, 0) is 16.0 Å². The average Bonchev–Trinajstić information content (AvgIpc) is 2.45. The SMILES string of the molecule is CCOC1CC(NC(=O)Cc2ccc(/C(N)=N/O)cc2)C1. The van der Waals surface area contributed by atoms with E-state index in [0.29, 0.717) is 18.1 Å². The van der Waals surface area contributed by atoms with Gasteiger partial charge in [-0.25, -0.2) is 0 Å². The molecule has 1 saturated carbocycles. The van der Waals surface area contributed by atoms with Gasteiger partial charge in [-0.1, -0.05) is 29.4 Å². The predicted octanol–water partition coefficient (Wildman–Crippen LogP) is 1.01. The molecule has 0 atom stereocenters. The van der Waals surface area contributed by atoms with Crippen molar-refractivity contribution in [3.05, 3.63) is 35.4 Å². The molecule has 0 radical (unpaired) electrons. The summed E-state index contributed by atoms with van der Waals surface area (Å²) in [7, 11) is 0. The van der Waals surface area contributed by atoms with Crippen LogP contribution in [0.1, 0.15) is 30.9 Å². The number of carbonyl (C=O) groups is 1. The third-order valence-corrected chi connectivity index (χ3v) is 3.58.